The van der Waals surface area contributed by atoms with Crippen LogP contribution < -0.4 is 10.1 Å². The fourth-order valence-corrected chi connectivity index (χ4v) is 4.37. The Labute approximate surface area is 229 Å². The van der Waals surface area contributed by atoms with Crippen molar-refractivity contribution in [1.29, 1.82) is 0 Å². The molecule has 2 aromatic carbocycles. The summed E-state index contributed by atoms with van der Waals surface area (Å²) in [5.74, 6) is -0.715. The van der Waals surface area contributed by atoms with E-state index in [1.807, 2.05) is 26.0 Å². The molecule has 0 fully saturated rings. The summed E-state index contributed by atoms with van der Waals surface area (Å²) in [4.78, 5) is 36.9. The number of esters is 2. The van der Waals surface area contributed by atoms with Crippen LogP contribution in [0.15, 0.2) is 54.2 Å². The van der Waals surface area contributed by atoms with E-state index >= 15 is 0 Å². The molecule has 0 spiro atoms. The quantitative estimate of drug-likeness (QED) is 0.199. The largest absolute Gasteiger partial charge is 0.481 e. The molecule has 1 atom stereocenters. The Morgan fingerprint density at radius 3 is 2.55 bits per heavy atom. The number of amides is 1. The summed E-state index contributed by atoms with van der Waals surface area (Å²) >= 11 is 7.41. The first kappa shape index (κ1) is 28.7. The molecule has 0 saturated carbocycles. The molecule has 200 valence electrons. The molecule has 12 heteroatoms. The summed E-state index contributed by atoms with van der Waals surface area (Å²) in [7, 11) is 2.46. The van der Waals surface area contributed by atoms with Crippen LogP contribution >= 0.6 is 23.4 Å². The number of ether oxygens (including phenoxy) is 3. The summed E-state index contributed by atoms with van der Waals surface area (Å²) in [5, 5.41) is 12.1. The molecule has 0 saturated heterocycles. The number of methoxy groups -OCH3 is 2. The van der Waals surface area contributed by atoms with Crippen molar-refractivity contribution >= 4 is 46.9 Å². The molecule has 1 aromatic heterocycles. The van der Waals surface area contributed by atoms with Crippen LogP contribution in [0.25, 0.3) is 0 Å². The summed E-state index contributed by atoms with van der Waals surface area (Å²) in [5.41, 5.74) is 1.38. The number of anilines is 1. The van der Waals surface area contributed by atoms with E-state index in [0.29, 0.717) is 28.3 Å². The number of carbonyl (C=O) groups excluding carboxylic acids is 3. The van der Waals surface area contributed by atoms with Gasteiger partial charge in [-0.1, -0.05) is 35.5 Å². The van der Waals surface area contributed by atoms with Crippen molar-refractivity contribution in [2.75, 3.05) is 25.3 Å². The molecule has 38 heavy (non-hydrogen) atoms. The number of benzene rings is 2. The van der Waals surface area contributed by atoms with Gasteiger partial charge in [0, 0.05) is 6.54 Å². The highest BCUT2D eigenvalue weighted by atomic mass is 35.5. The van der Waals surface area contributed by atoms with Crippen LogP contribution in [-0.2, 0) is 20.8 Å². The topological polar surface area (TPSA) is 122 Å². The van der Waals surface area contributed by atoms with Crippen LogP contribution in [0.2, 0.25) is 5.02 Å². The minimum Gasteiger partial charge on any atom is -0.481 e. The number of rotatable bonds is 11. The van der Waals surface area contributed by atoms with Crippen molar-refractivity contribution in [3.05, 3.63) is 76.6 Å². The monoisotopic (exact) mass is 558 g/mol. The SMILES string of the molecule is C=CCn1c(SCC(=O)Nc2cc(C(=O)OC)ccc2C(=O)OC)nnc1C(C)Oc1cc(C)ccc1Cl. The van der Waals surface area contributed by atoms with E-state index in [1.165, 1.54) is 32.4 Å². The minimum atomic E-state index is -0.664. The van der Waals surface area contributed by atoms with E-state index in [1.54, 1.807) is 16.7 Å². The van der Waals surface area contributed by atoms with Gasteiger partial charge < -0.3 is 19.5 Å². The van der Waals surface area contributed by atoms with Crippen molar-refractivity contribution < 1.29 is 28.6 Å². The maximum atomic E-state index is 12.8. The van der Waals surface area contributed by atoms with Crippen LogP contribution in [0, 0.1) is 6.92 Å². The lowest BCUT2D eigenvalue weighted by atomic mass is 10.1. The van der Waals surface area contributed by atoms with E-state index < -0.39 is 23.9 Å². The third kappa shape index (κ3) is 6.93. The zero-order valence-corrected chi connectivity index (χ0v) is 22.9. The molecule has 1 amide bonds. The highest BCUT2D eigenvalue weighted by molar-refractivity contribution is 7.99. The maximum absolute atomic E-state index is 12.8. The molecule has 1 unspecified atom stereocenters. The molecular weight excluding hydrogens is 532 g/mol. The van der Waals surface area contributed by atoms with Gasteiger partial charge in [-0.3, -0.25) is 9.36 Å². The predicted octanol–water partition coefficient (Wildman–Crippen LogP) is 4.87. The molecule has 10 nitrogen and oxygen atoms in total. The highest BCUT2D eigenvalue weighted by Gasteiger charge is 2.22. The Hall–Kier alpha value is -3.83. The Bertz CT molecular complexity index is 1360. The number of aryl methyl sites for hydroxylation is 1. The molecule has 0 aliphatic heterocycles. The van der Waals surface area contributed by atoms with Gasteiger partial charge >= 0.3 is 11.9 Å². The zero-order valence-electron chi connectivity index (χ0n) is 21.3. The lowest BCUT2D eigenvalue weighted by molar-refractivity contribution is -0.113. The maximum Gasteiger partial charge on any atom is 0.339 e. The van der Waals surface area contributed by atoms with Gasteiger partial charge in [-0.25, -0.2) is 9.59 Å². The first-order valence-electron chi connectivity index (χ1n) is 11.4. The summed E-state index contributed by atoms with van der Waals surface area (Å²) < 4.78 is 17.3. The highest BCUT2D eigenvalue weighted by Crippen LogP contribution is 2.31. The Kier molecular flexibility index (Phi) is 9.91. The first-order valence-corrected chi connectivity index (χ1v) is 12.7. The van der Waals surface area contributed by atoms with E-state index in [0.717, 1.165) is 17.3 Å². The van der Waals surface area contributed by atoms with Crippen molar-refractivity contribution in [1.82, 2.24) is 14.8 Å². The standard InChI is InChI=1S/C26H27ClN4O6S/c1-6-11-31-23(16(3)37-21-12-15(2)7-10-19(21)27)29-30-26(31)38-14-22(32)28-20-13-17(24(33)35-4)8-9-18(20)25(34)36-5/h6-10,12-13,16H,1,11,14H2,2-5H3,(H,28,32). The summed E-state index contributed by atoms with van der Waals surface area (Å²) in [6, 6.07) is 9.64. The lowest BCUT2D eigenvalue weighted by Crippen LogP contribution is -2.18. The van der Waals surface area contributed by atoms with E-state index in [9.17, 15) is 14.4 Å². The summed E-state index contributed by atoms with van der Waals surface area (Å²) in [6.45, 7) is 7.94. The fraction of sp³-hybridized carbons (Fsp3) is 0.269. The first-order chi connectivity index (χ1) is 18.2. The third-order valence-corrected chi connectivity index (χ3v) is 6.54. The van der Waals surface area contributed by atoms with Gasteiger partial charge in [0.05, 0.1) is 41.8 Å². The van der Waals surface area contributed by atoms with Gasteiger partial charge in [-0.2, -0.15) is 0 Å². The Morgan fingerprint density at radius 2 is 1.87 bits per heavy atom. The van der Waals surface area contributed by atoms with Crippen LogP contribution in [0.3, 0.4) is 0 Å². The van der Waals surface area contributed by atoms with Crippen molar-refractivity contribution in [3.8, 4) is 5.75 Å². The van der Waals surface area contributed by atoms with Crippen LogP contribution in [0.5, 0.6) is 5.75 Å². The lowest BCUT2D eigenvalue weighted by Gasteiger charge is -2.17. The van der Waals surface area contributed by atoms with Gasteiger partial charge in [0.1, 0.15) is 5.75 Å². The van der Waals surface area contributed by atoms with Gasteiger partial charge in [-0.05, 0) is 49.7 Å². The number of hydrogen-bond acceptors (Lipinski definition) is 9. The second-order valence-electron chi connectivity index (χ2n) is 8.01. The number of aromatic nitrogens is 3. The van der Waals surface area contributed by atoms with Crippen molar-refractivity contribution in [2.45, 2.75) is 31.7 Å². The van der Waals surface area contributed by atoms with Crippen LogP contribution in [0.4, 0.5) is 5.69 Å². The predicted molar refractivity (Wildman–Crippen MR) is 144 cm³/mol. The van der Waals surface area contributed by atoms with Crippen molar-refractivity contribution in [3.63, 3.8) is 0 Å². The molecule has 1 heterocycles. The second-order valence-corrected chi connectivity index (χ2v) is 9.36. The van der Waals surface area contributed by atoms with Gasteiger partial charge in [0.25, 0.3) is 0 Å². The minimum absolute atomic E-state index is 0.0582. The summed E-state index contributed by atoms with van der Waals surface area (Å²) in [6.07, 6.45) is 1.19. The smallest absolute Gasteiger partial charge is 0.339 e. The Morgan fingerprint density at radius 1 is 1.13 bits per heavy atom. The number of halogens is 1. The number of thioether (sulfide) groups is 1. The van der Waals surface area contributed by atoms with E-state index in [-0.39, 0.29) is 22.6 Å². The second kappa shape index (κ2) is 13.1. The van der Waals surface area contributed by atoms with Gasteiger partial charge in [0.15, 0.2) is 17.1 Å². The number of carbonyl (C=O) groups is 3. The molecule has 0 aliphatic rings. The molecule has 0 aliphatic carbocycles. The van der Waals surface area contributed by atoms with Crippen molar-refractivity contribution in [2.24, 2.45) is 0 Å². The molecule has 1 N–H and O–H groups in total. The normalized spacial score (nSPS) is 11.4. The average molecular weight is 559 g/mol. The number of allylic oxidation sites excluding steroid dienone is 1. The van der Waals surface area contributed by atoms with E-state index in [4.69, 9.17) is 25.8 Å². The fourth-order valence-electron chi connectivity index (χ4n) is 3.45. The zero-order chi connectivity index (χ0) is 27.8. The van der Waals surface area contributed by atoms with Crippen LogP contribution in [0.1, 0.15) is 45.1 Å². The molecule has 0 bridgehead atoms. The van der Waals surface area contributed by atoms with E-state index in [2.05, 4.69) is 22.1 Å². The average Bonchev–Trinajstić information content (AvgIpc) is 3.31. The van der Waals surface area contributed by atoms with Crippen LogP contribution in [-0.4, -0.2) is 52.6 Å². The van der Waals surface area contributed by atoms with Gasteiger partial charge in [-0.15, -0.1) is 16.8 Å². The molecular formula is C26H27ClN4O6S. The number of nitrogens with one attached hydrogen (secondary N) is 1. The molecule has 0 radical (unpaired) electrons. The molecule has 3 aromatic rings. The number of nitrogens with zero attached hydrogens (tertiary/aromatic N) is 3. The Balaban J connectivity index is 1.76. The number of hydrogen-bond donors (Lipinski definition) is 1. The van der Waals surface area contributed by atoms with Gasteiger partial charge in [0.2, 0.25) is 5.91 Å². The third-order valence-electron chi connectivity index (χ3n) is 5.26. The molecule has 3 rings (SSSR count).